The quantitative estimate of drug-likeness (QED) is 0.304. The van der Waals surface area contributed by atoms with Crippen LogP contribution in [0.25, 0.3) is 16.9 Å². The normalized spacial score (nSPS) is 13.9. The third-order valence-electron chi connectivity index (χ3n) is 6.85. The molecule has 0 N–H and O–H groups in total. The van der Waals surface area contributed by atoms with Crippen molar-refractivity contribution in [3.8, 4) is 17.3 Å². The molecule has 4 heterocycles. The molecule has 10 nitrogen and oxygen atoms in total. The number of piperazine rings is 1. The lowest BCUT2D eigenvalue weighted by atomic mass is 10.1. The Balaban J connectivity index is 1.47. The van der Waals surface area contributed by atoms with Crippen molar-refractivity contribution in [3.63, 3.8) is 0 Å². The van der Waals surface area contributed by atoms with E-state index in [1.54, 1.807) is 17.0 Å². The molecule has 4 aromatic rings. The molecule has 41 heavy (non-hydrogen) atoms. The van der Waals surface area contributed by atoms with Crippen LogP contribution in [0.3, 0.4) is 0 Å². The summed E-state index contributed by atoms with van der Waals surface area (Å²) in [5.74, 6) is 0.460. The molecule has 1 aliphatic heterocycles. The number of carbonyl (C=O) groups excluding carboxylic acids is 1. The van der Waals surface area contributed by atoms with Crippen molar-refractivity contribution < 1.29 is 13.9 Å². The van der Waals surface area contributed by atoms with Crippen molar-refractivity contribution in [2.45, 2.75) is 46.6 Å². The van der Waals surface area contributed by atoms with Gasteiger partial charge in [0.1, 0.15) is 39.6 Å². The zero-order valence-corrected chi connectivity index (χ0v) is 24.9. The molecule has 0 atom stereocenters. The van der Waals surface area contributed by atoms with E-state index in [0.29, 0.717) is 59.5 Å². The Hall–Kier alpha value is -4.24. The number of hydrogen-bond donors (Lipinski definition) is 0. The molecule has 3 aromatic heterocycles. The molecule has 0 aliphatic carbocycles. The second kappa shape index (κ2) is 11.0. The smallest absolute Gasteiger partial charge is 0.410 e. The summed E-state index contributed by atoms with van der Waals surface area (Å²) in [5, 5.41) is 15.3. The van der Waals surface area contributed by atoms with Gasteiger partial charge in [-0.25, -0.2) is 23.7 Å². The van der Waals surface area contributed by atoms with E-state index >= 15 is 0 Å². The topological polar surface area (TPSA) is 103 Å². The Morgan fingerprint density at radius 3 is 2.46 bits per heavy atom. The molecule has 1 amide bonds. The van der Waals surface area contributed by atoms with Crippen molar-refractivity contribution in [3.05, 3.63) is 52.4 Å². The molecule has 0 spiro atoms. The molecule has 0 bridgehead atoms. The maximum Gasteiger partial charge on any atom is 0.410 e. The van der Waals surface area contributed by atoms with Crippen LogP contribution in [0.15, 0.2) is 30.3 Å². The average molecular weight is 577 g/mol. The fourth-order valence-electron chi connectivity index (χ4n) is 4.80. The lowest BCUT2D eigenvalue weighted by Gasteiger charge is -2.36. The number of aromatic nitrogens is 4. The van der Waals surface area contributed by atoms with Gasteiger partial charge in [0.25, 0.3) is 0 Å². The molecular formula is C29H33FN8O2S. The average Bonchev–Trinajstić information content (AvgIpc) is 3.54. The van der Waals surface area contributed by atoms with Gasteiger partial charge in [-0.3, -0.25) is 0 Å². The first-order chi connectivity index (χ1) is 19.5. The highest BCUT2D eigenvalue weighted by Crippen LogP contribution is 2.38. The first-order valence-corrected chi connectivity index (χ1v) is 14.3. The van der Waals surface area contributed by atoms with Crippen LogP contribution < -0.4 is 9.80 Å². The number of nitrogens with zero attached hydrogens (tertiary/aromatic N) is 8. The van der Waals surface area contributed by atoms with Crippen LogP contribution in [0.1, 0.15) is 44.0 Å². The van der Waals surface area contributed by atoms with Crippen LogP contribution in [0.2, 0.25) is 0 Å². The standard InChI is InChI=1S/C29H33FN8O2S/c1-7-21-25(35(6)27-33-24(22(17-31)41-27)19-8-10-20(30)11-9-19)26-32-23(16-18(2)38(26)34-21)36-12-14-37(15-13-36)28(39)40-29(3,4)5/h8-11,16H,7,12-15H2,1-6H3. The van der Waals surface area contributed by atoms with Gasteiger partial charge in [0.05, 0.1) is 5.69 Å². The summed E-state index contributed by atoms with van der Waals surface area (Å²) < 4.78 is 20.9. The SMILES string of the molecule is CCc1nn2c(C)cc(N3CCN(C(=O)OC(C)(C)C)CC3)nc2c1N(C)c1nc(-c2ccc(F)cc2)c(C#N)s1. The lowest BCUT2D eigenvalue weighted by Crippen LogP contribution is -2.50. The molecular weight excluding hydrogens is 543 g/mol. The van der Waals surface area contributed by atoms with Crippen LogP contribution in [-0.4, -0.2) is 69.4 Å². The molecule has 1 fully saturated rings. The maximum atomic E-state index is 13.5. The van der Waals surface area contributed by atoms with E-state index in [1.165, 1.54) is 23.5 Å². The number of anilines is 3. The number of aryl methyl sites for hydroxylation is 2. The van der Waals surface area contributed by atoms with Gasteiger partial charge in [-0.2, -0.15) is 10.4 Å². The van der Waals surface area contributed by atoms with Crippen molar-refractivity contribution >= 4 is 39.7 Å². The number of benzene rings is 1. The summed E-state index contributed by atoms with van der Waals surface area (Å²) in [7, 11) is 1.90. The number of carbonyl (C=O) groups is 1. The van der Waals surface area contributed by atoms with Gasteiger partial charge in [-0.05, 0) is 58.4 Å². The summed E-state index contributed by atoms with van der Waals surface area (Å²) in [5.41, 5.74) is 3.94. The molecule has 0 radical (unpaired) electrons. The number of hydrogen-bond acceptors (Lipinski definition) is 9. The van der Waals surface area contributed by atoms with Crippen LogP contribution in [-0.2, 0) is 11.2 Å². The summed E-state index contributed by atoms with van der Waals surface area (Å²) in [6, 6.07) is 10.2. The Kier molecular flexibility index (Phi) is 7.57. The predicted molar refractivity (Wildman–Crippen MR) is 157 cm³/mol. The highest BCUT2D eigenvalue weighted by Gasteiger charge is 2.28. The molecule has 0 unspecified atom stereocenters. The number of halogens is 1. The van der Waals surface area contributed by atoms with Crippen molar-refractivity contribution in [2.75, 3.05) is 43.0 Å². The summed E-state index contributed by atoms with van der Waals surface area (Å²) in [6.07, 6.45) is 0.373. The second-order valence-corrected chi connectivity index (χ2v) is 11.9. The predicted octanol–water partition coefficient (Wildman–Crippen LogP) is 5.56. The number of nitriles is 1. The highest BCUT2D eigenvalue weighted by atomic mass is 32.1. The summed E-state index contributed by atoms with van der Waals surface area (Å²) >= 11 is 1.27. The van der Waals surface area contributed by atoms with Crippen LogP contribution in [0, 0.1) is 24.1 Å². The van der Waals surface area contributed by atoms with Gasteiger partial charge in [-0.1, -0.05) is 18.3 Å². The highest BCUT2D eigenvalue weighted by molar-refractivity contribution is 7.16. The molecule has 5 rings (SSSR count). The molecule has 214 valence electrons. The monoisotopic (exact) mass is 576 g/mol. The van der Waals surface area contributed by atoms with E-state index in [1.807, 2.05) is 57.1 Å². The van der Waals surface area contributed by atoms with E-state index in [0.717, 1.165) is 22.9 Å². The van der Waals surface area contributed by atoms with Crippen molar-refractivity contribution in [1.82, 2.24) is 24.5 Å². The number of amides is 1. The minimum atomic E-state index is -0.537. The fourth-order valence-corrected chi connectivity index (χ4v) is 5.65. The van der Waals surface area contributed by atoms with E-state index in [4.69, 9.17) is 19.8 Å². The minimum absolute atomic E-state index is 0.302. The Morgan fingerprint density at radius 2 is 1.85 bits per heavy atom. The lowest BCUT2D eigenvalue weighted by molar-refractivity contribution is 0.0240. The number of thiazole rings is 1. The van der Waals surface area contributed by atoms with E-state index in [-0.39, 0.29) is 11.9 Å². The van der Waals surface area contributed by atoms with Gasteiger partial charge >= 0.3 is 6.09 Å². The van der Waals surface area contributed by atoms with E-state index in [9.17, 15) is 14.4 Å². The Bertz CT molecular complexity index is 1630. The largest absolute Gasteiger partial charge is 0.444 e. The van der Waals surface area contributed by atoms with Gasteiger partial charge in [0, 0.05) is 50.6 Å². The van der Waals surface area contributed by atoms with Crippen molar-refractivity contribution in [2.24, 2.45) is 0 Å². The van der Waals surface area contributed by atoms with Crippen molar-refractivity contribution in [1.29, 1.82) is 5.26 Å². The third kappa shape index (κ3) is 5.67. The molecule has 12 heteroatoms. The molecule has 1 saturated heterocycles. The van der Waals surface area contributed by atoms with Gasteiger partial charge in [0.2, 0.25) is 0 Å². The van der Waals surface area contributed by atoms with Crippen LogP contribution >= 0.6 is 11.3 Å². The second-order valence-electron chi connectivity index (χ2n) is 10.9. The van der Waals surface area contributed by atoms with Gasteiger partial charge < -0.3 is 19.4 Å². The minimum Gasteiger partial charge on any atom is -0.444 e. The first kappa shape index (κ1) is 28.3. The fraction of sp³-hybridized carbons (Fsp3) is 0.414. The van der Waals surface area contributed by atoms with Gasteiger partial charge in [-0.15, -0.1) is 0 Å². The van der Waals surface area contributed by atoms with E-state index < -0.39 is 5.60 Å². The number of ether oxygens (including phenoxy) is 1. The van der Waals surface area contributed by atoms with Crippen LogP contribution in [0.5, 0.6) is 0 Å². The third-order valence-corrected chi connectivity index (χ3v) is 7.88. The zero-order chi connectivity index (χ0) is 29.5. The van der Waals surface area contributed by atoms with Gasteiger partial charge in [0.15, 0.2) is 10.8 Å². The molecule has 1 aliphatic rings. The van der Waals surface area contributed by atoms with E-state index in [2.05, 4.69) is 11.0 Å². The Labute approximate surface area is 242 Å². The number of fused-ring (bicyclic) bond motifs is 1. The van der Waals surface area contributed by atoms with Crippen LogP contribution in [0.4, 0.5) is 25.8 Å². The summed E-state index contributed by atoms with van der Waals surface area (Å²) in [4.78, 5) is 28.6. The first-order valence-electron chi connectivity index (χ1n) is 13.5. The zero-order valence-electron chi connectivity index (χ0n) is 24.1. The molecule has 1 aromatic carbocycles. The summed E-state index contributed by atoms with van der Waals surface area (Å²) in [6.45, 7) is 12.0. The number of rotatable bonds is 5. The molecule has 0 saturated carbocycles. The maximum absolute atomic E-state index is 13.5. The Morgan fingerprint density at radius 1 is 1.17 bits per heavy atom.